The van der Waals surface area contributed by atoms with Crippen LogP contribution in [0.25, 0.3) is 0 Å². The number of rotatable bonds is 7. The van der Waals surface area contributed by atoms with Gasteiger partial charge in [0.05, 0.1) is 14.2 Å². The Morgan fingerprint density at radius 3 is 2.33 bits per heavy atom. The third kappa shape index (κ3) is 4.66. The van der Waals surface area contributed by atoms with Crippen molar-refractivity contribution in [2.24, 2.45) is 5.92 Å². The van der Waals surface area contributed by atoms with Crippen LogP contribution in [0, 0.1) is 5.92 Å². The minimum atomic E-state index is -0.0707. The Bertz CT molecular complexity index is 445. The van der Waals surface area contributed by atoms with Crippen LogP contribution in [0.3, 0.4) is 0 Å². The van der Waals surface area contributed by atoms with Crippen molar-refractivity contribution in [1.29, 1.82) is 0 Å². The zero-order valence-electron chi connectivity index (χ0n) is 13.0. The molecule has 1 aromatic rings. The van der Waals surface area contributed by atoms with Gasteiger partial charge in [-0.2, -0.15) is 0 Å². The number of carbonyl (C=O) groups excluding carboxylic acids is 1. The lowest BCUT2D eigenvalue weighted by Crippen LogP contribution is -2.24. The standard InChI is InChI=1S/C17H25NO3/c1-20-15-10-14(11-16(12-15)21-2)17(19)18-9-5-8-13-6-3-4-7-13/h10-13H,3-9H2,1-2H3,(H,18,19). The number of benzene rings is 1. The van der Waals surface area contributed by atoms with Crippen LogP contribution in [0.2, 0.25) is 0 Å². The SMILES string of the molecule is COc1cc(OC)cc(C(=O)NCCCC2CCCC2)c1. The topological polar surface area (TPSA) is 47.6 Å². The van der Waals surface area contributed by atoms with Gasteiger partial charge in [0.25, 0.3) is 5.91 Å². The molecule has 1 fully saturated rings. The Morgan fingerprint density at radius 1 is 1.14 bits per heavy atom. The summed E-state index contributed by atoms with van der Waals surface area (Å²) in [7, 11) is 3.16. The van der Waals surface area contributed by atoms with Gasteiger partial charge < -0.3 is 14.8 Å². The minimum absolute atomic E-state index is 0.0707. The van der Waals surface area contributed by atoms with E-state index in [0.29, 0.717) is 17.1 Å². The zero-order valence-corrected chi connectivity index (χ0v) is 13.0. The lowest BCUT2D eigenvalue weighted by atomic mass is 10.0. The predicted molar refractivity (Wildman–Crippen MR) is 83.1 cm³/mol. The number of nitrogens with one attached hydrogen (secondary N) is 1. The van der Waals surface area contributed by atoms with Crippen molar-refractivity contribution in [3.63, 3.8) is 0 Å². The summed E-state index contributed by atoms with van der Waals surface area (Å²) in [6.07, 6.45) is 7.75. The Balaban J connectivity index is 1.81. The summed E-state index contributed by atoms with van der Waals surface area (Å²) < 4.78 is 10.4. The van der Waals surface area contributed by atoms with Crippen LogP contribution in [-0.2, 0) is 0 Å². The molecule has 1 aliphatic rings. The Kier molecular flexibility index (Phi) is 5.90. The average Bonchev–Trinajstić information content (AvgIpc) is 3.04. The Hall–Kier alpha value is -1.71. The fourth-order valence-corrected chi connectivity index (χ4v) is 2.93. The second-order valence-electron chi connectivity index (χ2n) is 5.65. The van der Waals surface area contributed by atoms with Gasteiger partial charge in [-0.1, -0.05) is 25.7 Å². The smallest absolute Gasteiger partial charge is 0.251 e. The van der Waals surface area contributed by atoms with E-state index in [4.69, 9.17) is 9.47 Å². The first kappa shape index (κ1) is 15.7. The van der Waals surface area contributed by atoms with Gasteiger partial charge in [0.1, 0.15) is 11.5 Å². The maximum Gasteiger partial charge on any atom is 0.251 e. The van der Waals surface area contributed by atoms with Gasteiger partial charge in [-0.3, -0.25) is 4.79 Å². The summed E-state index contributed by atoms with van der Waals surface area (Å²) in [5, 5.41) is 2.98. The third-order valence-electron chi connectivity index (χ3n) is 4.16. The maximum atomic E-state index is 12.2. The highest BCUT2D eigenvalue weighted by Crippen LogP contribution is 2.28. The lowest BCUT2D eigenvalue weighted by Gasteiger charge is -2.11. The zero-order chi connectivity index (χ0) is 15.1. The van der Waals surface area contributed by atoms with E-state index < -0.39 is 0 Å². The van der Waals surface area contributed by atoms with E-state index in [-0.39, 0.29) is 5.91 Å². The first-order valence-corrected chi connectivity index (χ1v) is 7.74. The van der Waals surface area contributed by atoms with Crippen LogP contribution in [0.4, 0.5) is 0 Å². The van der Waals surface area contributed by atoms with Crippen LogP contribution in [0.15, 0.2) is 18.2 Å². The summed E-state index contributed by atoms with van der Waals surface area (Å²) in [4.78, 5) is 12.2. The molecule has 1 amide bonds. The van der Waals surface area contributed by atoms with Gasteiger partial charge in [-0.25, -0.2) is 0 Å². The Labute approximate surface area is 126 Å². The van der Waals surface area contributed by atoms with Gasteiger partial charge >= 0.3 is 0 Å². The molecule has 0 unspecified atom stereocenters. The quantitative estimate of drug-likeness (QED) is 0.783. The van der Waals surface area contributed by atoms with Crippen LogP contribution in [-0.4, -0.2) is 26.7 Å². The van der Waals surface area contributed by atoms with Gasteiger partial charge in [0.15, 0.2) is 0 Å². The fraction of sp³-hybridized carbons (Fsp3) is 0.588. The van der Waals surface area contributed by atoms with Crippen molar-refractivity contribution >= 4 is 5.91 Å². The predicted octanol–water partition coefficient (Wildman–Crippen LogP) is 3.40. The largest absolute Gasteiger partial charge is 0.497 e. The van der Waals surface area contributed by atoms with Gasteiger partial charge in [0, 0.05) is 18.2 Å². The first-order chi connectivity index (χ1) is 10.2. The van der Waals surface area contributed by atoms with Crippen molar-refractivity contribution in [3.8, 4) is 11.5 Å². The third-order valence-corrected chi connectivity index (χ3v) is 4.16. The number of amides is 1. The van der Waals surface area contributed by atoms with Crippen molar-refractivity contribution < 1.29 is 14.3 Å². The minimum Gasteiger partial charge on any atom is -0.497 e. The van der Waals surface area contributed by atoms with E-state index in [9.17, 15) is 4.79 Å². The average molecular weight is 291 g/mol. The highest BCUT2D eigenvalue weighted by atomic mass is 16.5. The second-order valence-corrected chi connectivity index (χ2v) is 5.65. The van der Waals surface area contributed by atoms with Crippen molar-refractivity contribution in [2.75, 3.05) is 20.8 Å². The van der Waals surface area contributed by atoms with Gasteiger partial charge in [0.2, 0.25) is 0 Å². The number of carbonyl (C=O) groups is 1. The molecule has 1 aromatic carbocycles. The summed E-state index contributed by atoms with van der Waals surface area (Å²) >= 11 is 0. The first-order valence-electron chi connectivity index (χ1n) is 7.74. The van der Waals surface area contributed by atoms with E-state index in [0.717, 1.165) is 18.9 Å². The highest BCUT2D eigenvalue weighted by Gasteiger charge is 2.14. The number of methoxy groups -OCH3 is 2. The molecule has 0 aromatic heterocycles. The molecule has 0 saturated heterocycles. The molecule has 0 atom stereocenters. The van der Waals surface area contributed by atoms with Crippen molar-refractivity contribution in [2.45, 2.75) is 38.5 Å². The van der Waals surface area contributed by atoms with Gasteiger partial charge in [-0.05, 0) is 30.9 Å². The summed E-state index contributed by atoms with van der Waals surface area (Å²) in [6, 6.07) is 5.22. The Morgan fingerprint density at radius 2 is 1.76 bits per heavy atom. The van der Waals surface area contributed by atoms with Crippen LogP contribution < -0.4 is 14.8 Å². The van der Waals surface area contributed by atoms with Crippen LogP contribution in [0.1, 0.15) is 48.9 Å². The molecule has 0 radical (unpaired) electrons. The molecule has 0 aliphatic heterocycles. The number of hydrogen-bond donors (Lipinski definition) is 1. The van der Waals surface area contributed by atoms with Crippen LogP contribution >= 0.6 is 0 Å². The molecule has 4 nitrogen and oxygen atoms in total. The molecular formula is C17H25NO3. The molecule has 116 valence electrons. The van der Waals surface area contributed by atoms with Gasteiger partial charge in [-0.15, -0.1) is 0 Å². The molecule has 21 heavy (non-hydrogen) atoms. The molecule has 4 heteroatoms. The van der Waals surface area contributed by atoms with Crippen molar-refractivity contribution in [1.82, 2.24) is 5.32 Å². The molecule has 0 spiro atoms. The molecule has 0 heterocycles. The molecule has 2 rings (SSSR count). The van der Waals surface area contributed by atoms with E-state index in [1.807, 2.05) is 0 Å². The van der Waals surface area contributed by atoms with E-state index in [2.05, 4.69) is 5.32 Å². The normalized spacial score (nSPS) is 15.0. The fourth-order valence-electron chi connectivity index (χ4n) is 2.93. The molecule has 1 saturated carbocycles. The molecular weight excluding hydrogens is 266 g/mol. The van der Waals surface area contributed by atoms with E-state index >= 15 is 0 Å². The molecule has 1 N–H and O–H groups in total. The van der Waals surface area contributed by atoms with Crippen molar-refractivity contribution in [3.05, 3.63) is 23.8 Å². The summed E-state index contributed by atoms with van der Waals surface area (Å²) in [5.41, 5.74) is 0.576. The summed E-state index contributed by atoms with van der Waals surface area (Å²) in [6.45, 7) is 0.731. The van der Waals surface area contributed by atoms with E-state index in [1.54, 1.807) is 32.4 Å². The highest BCUT2D eigenvalue weighted by molar-refractivity contribution is 5.95. The molecule has 0 bridgehead atoms. The van der Waals surface area contributed by atoms with Crippen LogP contribution in [0.5, 0.6) is 11.5 Å². The maximum absolute atomic E-state index is 12.2. The second kappa shape index (κ2) is 7.91. The van der Waals surface area contributed by atoms with E-state index in [1.165, 1.54) is 32.1 Å². The molecule has 1 aliphatic carbocycles. The number of ether oxygens (including phenoxy) is 2. The monoisotopic (exact) mass is 291 g/mol. The summed E-state index contributed by atoms with van der Waals surface area (Å²) in [5.74, 6) is 2.06. The lowest BCUT2D eigenvalue weighted by molar-refractivity contribution is 0.0951. The number of hydrogen-bond acceptors (Lipinski definition) is 3.